The average molecular weight is 330 g/mol. The van der Waals surface area contributed by atoms with E-state index in [0.717, 1.165) is 37.2 Å². The summed E-state index contributed by atoms with van der Waals surface area (Å²) in [5.41, 5.74) is 7.26. The molecule has 6 heteroatoms. The van der Waals surface area contributed by atoms with Gasteiger partial charge < -0.3 is 15.4 Å². The van der Waals surface area contributed by atoms with Crippen LogP contribution in [0.2, 0.25) is 0 Å². The molecule has 0 spiro atoms. The molecular weight excluding hydrogens is 304 g/mol. The van der Waals surface area contributed by atoms with E-state index in [-0.39, 0.29) is 23.6 Å². The molecule has 2 saturated heterocycles. The Bertz CT molecular complexity index is 633. The van der Waals surface area contributed by atoms with Crippen molar-refractivity contribution in [3.8, 4) is 5.75 Å². The Hall–Kier alpha value is -1.63. The Kier molecular flexibility index (Phi) is 3.98. The zero-order valence-corrected chi connectivity index (χ0v) is 14.3. The van der Waals surface area contributed by atoms with E-state index in [1.807, 2.05) is 24.3 Å². The summed E-state index contributed by atoms with van der Waals surface area (Å²) in [7, 11) is 0. The number of nitrogens with one attached hydrogen (secondary N) is 4. The highest BCUT2D eigenvalue weighted by Gasteiger charge is 2.42. The van der Waals surface area contributed by atoms with Gasteiger partial charge in [-0.05, 0) is 32.9 Å². The number of piperidine rings is 1. The van der Waals surface area contributed by atoms with Crippen molar-refractivity contribution in [2.45, 2.75) is 50.4 Å². The van der Waals surface area contributed by atoms with Crippen LogP contribution in [0, 0.1) is 5.92 Å². The standard InChI is InChI=1S/C18H26N4O2/c1-18(2)9-14(11-5-3-4-6-15(11)24-18)20-17(23)16-12-10-19-8-7-13(12)21-22-16/h3-6,12-14,16,19,21-22H,7-10H2,1-2H3,(H,20,23). The minimum absolute atomic E-state index is 0.0187. The molecule has 2 fully saturated rings. The average Bonchev–Trinajstić information content (AvgIpc) is 2.98. The minimum atomic E-state index is -0.289. The Morgan fingerprint density at radius 2 is 2.12 bits per heavy atom. The summed E-state index contributed by atoms with van der Waals surface area (Å²) in [4.78, 5) is 12.9. The van der Waals surface area contributed by atoms with Crippen molar-refractivity contribution in [1.82, 2.24) is 21.5 Å². The first-order valence-electron chi connectivity index (χ1n) is 8.84. The maximum Gasteiger partial charge on any atom is 0.239 e. The molecule has 3 aliphatic rings. The van der Waals surface area contributed by atoms with Gasteiger partial charge in [0.1, 0.15) is 17.4 Å². The first-order valence-corrected chi connectivity index (χ1v) is 8.84. The first kappa shape index (κ1) is 15.9. The summed E-state index contributed by atoms with van der Waals surface area (Å²) in [6.45, 7) is 6.02. The lowest BCUT2D eigenvalue weighted by atomic mass is 9.87. The highest BCUT2D eigenvalue weighted by molar-refractivity contribution is 5.83. The normalized spacial score (nSPS) is 33.9. The van der Waals surface area contributed by atoms with Crippen molar-refractivity contribution in [1.29, 1.82) is 0 Å². The number of para-hydroxylation sites is 1. The number of carbonyl (C=O) groups excluding carboxylic acids is 1. The molecule has 4 N–H and O–H groups in total. The van der Waals surface area contributed by atoms with Crippen molar-refractivity contribution in [3.63, 3.8) is 0 Å². The number of fused-ring (bicyclic) bond motifs is 2. The number of rotatable bonds is 2. The third-order valence-electron chi connectivity index (χ3n) is 5.36. The summed E-state index contributed by atoms with van der Waals surface area (Å²) < 4.78 is 6.05. The van der Waals surface area contributed by atoms with Crippen LogP contribution in [0.4, 0.5) is 0 Å². The molecule has 4 rings (SSSR count). The Balaban J connectivity index is 1.51. The summed E-state index contributed by atoms with van der Waals surface area (Å²) in [5, 5.41) is 6.65. The number of hydrogen-bond donors (Lipinski definition) is 4. The molecule has 0 radical (unpaired) electrons. The summed E-state index contributed by atoms with van der Waals surface area (Å²) in [6.07, 6.45) is 1.82. The van der Waals surface area contributed by atoms with Crippen LogP contribution >= 0.6 is 0 Å². The van der Waals surface area contributed by atoms with Crippen LogP contribution in [0.3, 0.4) is 0 Å². The SMILES string of the molecule is CC1(C)CC(NC(=O)C2NNC3CCNCC32)c2ccccc2O1. The molecule has 0 saturated carbocycles. The fourth-order valence-corrected chi connectivity index (χ4v) is 4.17. The van der Waals surface area contributed by atoms with Crippen LogP contribution in [-0.4, -0.2) is 36.7 Å². The summed E-state index contributed by atoms with van der Waals surface area (Å²) >= 11 is 0. The highest BCUT2D eigenvalue weighted by Crippen LogP contribution is 2.39. The van der Waals surface area contributed by atoms with Crippen molar-refractivity contribution >= 4 is 5.91 Å². The molecule has 24 heavy (non-hydrogen) atoms. The third-order valence-corrected chi connectivity index (χ3v) is 5.36. The van der Waals surface area contributed by atoms with Gasteiger partial charge in [-0.15, -0.1) is 0 Å². The quantitative estimate of drug-likeness (QED) is 0.647. The van der Waals surface area contributed by atoms with Gasteiger partial charge in [0.15, 0.2) is 0 Å². The van der Waals surface area contributed by atoms with Gasteiger partial charge in [-0.25, -0.2) is 5.43 Å². The van der Waals surface area contributed by atoms with Gasteiger partial charge in [0.25, 0.3) is 0 Å². The van der Waals surface area contributed by atoms with E-state index in [0.29, 0.717) is 12.0 Å². The first-order chi connectivity index (χ1) is 11.5. The topological polar surface area (TPSA) is 74.4 Å². The van der Waals surface area contributed by atoms with Crippen LogP contribution in [-0.2, 0) is 4.79 Å². The number of hydrogen-bond acceptors (Lipinski definition) is 5. The molecular formula is C18H26N4O2. The van der Waals surface area contributed by atoms with E-state index in [9.17, 15) is 4.79 Å². The van der Waals surface area contributed by atoms with Crippen LogP contribution in [0.15, 0.2) is 24.3 Å². The largest absolute Gasteiger partial charge is 0.487 e. The van der Waals surface area contributed by atoms with E-state index in [2.05, 4.69) is 35.3 Å². The van der Waals surface area contributed by atoms with Crippen LogP contribution in [0.1, 0.15) is 38.3 Å². The number of carbonyl (C=O) groups is 1. The Labute approximate surface area is 142 Å². The molecule has 4 atom stereocenters. The van der Waals surface area contributed by atoms with E-state index >= 15 is 0 Å². The van der Waals surface area contributed by atoms with Crippen molar-refractivity contribution in [2.24, 2.45) is 5.92 Å². The molecule has 0 aliphatic carbocycles. The molecule has 1 amide bonds. The molecule has 3 heterocycles. The molecule has 0 aromatic heterocycles. The molecule has 3 aliphatic heterocycles. The second kappa shape index (κ2) is 6.02. The van der Waals surface area contributed by atoms with E-state index in [1.165, 1.54) is 0 Å². The third kappa shape index (κ3) is 2.90. The van der Waals surface area contributed by atoms with Gasteiger partial charge in [-0.2, -0.15) is 0 Å². The molecule has 6 nitrogen and oxygen atoms in total. The highest BCUT2D eigenvalue weighted by atomic mass is 16.5. The number of hydrazine groups is 1. The van der Waals surface area contributed by atoms with Crippen molar-refractivity contribution in [3.05, 3.63) is 29.8 Å². The molecule has 1 aromatic rings. The van der Waals surface area contributed by atoms with Crippen LogP contribution in [0.5, 0.6) is 5.75 Å². The zero-order valence-electron chi connectivity index (χ0n) is 14.3. The van der Waals surface area contributed by atoms with Gasteiger partial charge in [0, 0.05) is 30.5 Å². The summed E-state index contributed by atoms with van der Waals surface area (Å²) in [6, 6.07) is 8.15. The van der Waals surface area contributed by atoms with Crippen molar-refractivity contribution in [2.75, 3.05) is 13.1 Å². The van der Waals surface area contributed by atoms with Gasteiger partial charge >= 0.3 is 0 Å². The fourth-order valence-electron chi connectivity index (χ4n) is 4.17. The van der Waals surface area contributed by atoms with E-state index in [4.69, 9.17) is 4.74 Å². The molecule has 1 aromatic carbocycles. The number of benzene rings is 1. The van der Waals surface area contributed by atoms with Crippen molar-refractivity contribution < 1.29 is 9.53 Å². The van der Waals surface area contributed by atoms with Crippen LogP contribution < -0.4 is 26.2 Å². The second-order valence-electron chi connectivity index (χ2n) is 7.69. The number of ether oxygens (including phenoxy) is 1. The maximum atomic E-state index is 12.9. The lowest BCUT2D eigenvalue weighted by molar-refractivity contribution is -0.125. The lowest BCUT2D eigenvalue weighted by Crippen LogP contribution is -2.51. The van der Waals surface area contributed by atoms with E-state index in [1.54, 1.807) is 0 Å². The Morgan fingerprint density at radius 3 is 3.00 bits per heavy atom. The fraction of sp³-hybridized carbons (Fsp3) is 0.611. The predicted molar refractivity (Wildman–Crippen MR) is 91.5 cm³/mol. The monoisotopic (exact) mass is 330 g/mol. The molecule has 130 valence electrons. The van der Waals surface area contributed by atoms with E-state index < -0.39 is 0 Å². The van der Waals surface area contributed by atoms with Gasteiger partial charge in [0.2, 0.25) is 5.91 Å². The number of amides is 1. The summed E-state index contributed by atoms with van der Waals surface area (Å²) in [5.74, 6) is 1.23. The van der Waals surface area contributed by atoms with Crippen LogP contribution in [0.25, 0.3) is 0 Å². The molecule has 4 unspecified atom stereocenters. The Morgan fingerprint density at radius 1 is 1.29 bits per heavy atom. The minimum Gasteiger partial charge on any atom is -0.487 e. The zero-order chi connectivity index (χ0) is 16.7. The van der Waals surface area contributed by atoms with Gasteiger partial charge in [0.05, 0.1) is 6.04 Å². The van der Waals surface area contributed by atoms with Gasteiger partial charge in [-0.3, -0.25) is 10.2 Å². The lowest BCUT2D eigenvalue weighted by Gasteiger charge is -2.38. The maximum absolute atomic E-state index is 12.9. The smallest absolute Gasteiger partial charge is 0.239 e. The molecule has 0 bridgehead atoms. The predicted octanol–water partition coefficient (Wildman–Crippen LogP) is 0.860. The second-order valence-corrected chi connectivity index (χ2v) is 7.69. The van der Waals surface area contributed by atoms with Gasteiger partial charge in [-0.1, -0.05) is 18.2 Å².